The molecule has 1 heterocycles. The molecule has 0 radical (unpaired) electrons. The van der Waals surface area contributed by atoms with E-state index in [9.17, 15) is 14.0 Å². The molecular formula is C20H17FN2O2S. The number of carbonyl (C=O) groups is 2. The Morgan fingerprint density at radius 2 is 1.69 bits per heavy atom. The van der Waals surface area contributed by atoms with E-state index in [1.165, 1.54) is 23.5 Å². The largest absolute Gasteiger partial charge is 0.339 e. The summed E-state index contributed by atoms with van der Waals surface area (Å²) >= 11 is 1.29. The first-order chi connectivity index (χ1) is 12.6. The van der Waals surface area contributed by atoms with Crippen LogP contribution in [0.15, 0.2) is 72.1 Å². The third-order valence-corrected chi connectivity index (χ3v) is 4.65. The van der Waals surface area contributed by atoms with E-state index in [1.807, 2.05) is 30.3 Å². The van der Waals surface area contributed by atoms with Crippen molar-refractivity contribution in [1.29, 1.82) is 0 Å². The van der Waals surface area contributed by atoms with Gasteiger partial charge in [0, 0.05) is 6.42 Å². The Morgan fingerprint density at radius 1 is 0.962 bits per heavy atom. The molecular weight excluding hydrogens is 351 g/mol. The minimum absolute atomic E-state index is 0.0842. The zero-order valence-electron chi connectivity index (χ0n) is 13.8. The summed E-state index contributed by atoms with van der Waals surface area (Å²) in [5, 5.41) is 7.09. The van der Waals surface area contributed by atoms with E-state index in [2.05, 4.69) is 10.6 Å². The van der Waals surface area contributed by atoms with Gasteiger partial charge in [-0.2, -0.15) is 0 Å². The van der Waals surface area contributed by atoms with Gasteiger partial charge in [-0.25, -0.2) is 4.39 Å². The maximum absolute atomic E-state index is 13.8. The van der Waals surface area contributed by atoms with Crippen LogP contribution < -0.4 is 10.6 Å². The summed E-state index contributed by atoms with van der Waals surface area (Å²) in [5.41, 5.74) is 0.980. The molecule has 3 aromatic rings. The Kier molecular flexibility index (Phi) is 5.76. The van der Waals surface area contributed by atoms with Crippen LogP contribution in [0, 0.1) is 5.82 Å². The number of halogens is 1. The number of hydrogen-bond donors (Lipinski definition) is 2. The molecule has 0 spiro atoms. The first-order valence-electron chi connectivity index (χ1n) is 8.07. The lowest BCUT2D eigenvalue weighted by molar-refractivity contribution is -0.118. The van der Waals surface area contributed by atoms with Gasteiger partial charge < -0.3 is 10.6 Å². The lowest BCUT2D eigenvalue weighted by atomic mass is 10.0. The van der Waals surface area contributed by atoms with E-state index >= 15 is 0 Å². The average Bonchev–Trinajstić information content (AvgIpc) is 3.19. The Hall–Kier alpha value is -2.99. The number of thiophene rings is 1. The fourth-order valence-electron chi connectivity index (χ4n) is 2.48. The molecule has 132 valence electrons. The number of anilines is 1. The van der Waals surface area contributed by atoms with Crippen molar-refractivity contribution in [2.75, 3.05) is 5.32 Å². The minimum atomic E-state index is -0.827. The summed E-state index contributed by atoms with van der Waals surface area (Å²) in [5.74, 6) is -1.32. The summed E-state index contributed by atoms with van der Waals surface area (Å²) < 4.78 is 13.8. The van der Waals surface area contributed by atoms with Crippen LogP contribution >= 0.6 is 11.3 Å². The highest BCUT2D eigenvalue weighted by Gasteiger charge is 2.23. The number of para-hydroxylation sites is 1. The van der Waals surface area contributed by atoms with Gasteiger partial charge in [-0.15, -0.1) is 11.3 Å². The van der Waals surface area contributed by atoms with E-state index in [0.717, 1.165) is 5.56 Å². The fraction of sp³-hybridized carbons (Fsp3) is 0.100. The quantitative estimate of drug-likeness (QED) is 0.694. The smallest absolute Gasteiger partial charge is 0.262 e. The fourth-order valence-corrected chi connectivity index (χ4v) is 3.11. The zero-order chi connectivity index (χ0) is 18.4. The Morgan fingerprint density at radius 3 is 2.38 bits per heavy atom. The first-order valence-corrected chi connectivity index (χ1v) is 8.95. The van der Waals surface area contributed by atoms with E-state index in [-0.39, 0.29) is 11.6 Å². The van der Waals surface area contributed by atoms with Crippen LogP contribution in [0.5, 0.6) is 0 Å². The highest BCUT2D eigenvalue weighted by molar-refractivity contribution is 7.12. The molecule has 0 aliphatic heterocycles. The Bertz CT molecular complexity index is 882. The molecule has 0 saturated heterocycles. The zero-order valence-corrected chi connectivity index (χ0v) is 14.6. The van der Waals surface area contributed by atoms with Crippen molar-refractivity contribution in [1.82, 2.24) is 5.32 Å². The molecule has 0 bridgehead atoms. The van der Waals surface area contributed by atoms with Gasteiger partial charge in [-0.05, 0) is 29.1 Å². The van der Waals surface area contributed by atoms with Crippen LogP contribution in [0.25, 0.3) is 0 Å². The van der Waals surface area contributed by atoms with Gasteiger partial charge in [0.25, 0.3) is 5.91 Å². The van der Waals surface area contributed by atoms with Crippen LogP contribution in [0.1, 0.15) is 15.2 Å². The van der Waals surface area contributed by atoms with Gasteiger partial charge >= 0.3 is 0 Å². The van der Waals surface area contributed by atoms with Crippen LogP contribution in [0.4, 0.5) is 10.1 Å². The lowest BCUT2D eigenvalue weighted by Crippen LogP contribution is -2.45. The average molecular weight is 368 g/mol. The normalized spacial score (nSPS) is 11.6. The second-order valence-corrected chi connectivity index (χ2v) is 6.61. The monoisotopic (exact) mass is 368 g/mol. The SMILES string of the molecule is O=C(NC(Cc1ccccc1)C(=O)Nc1ccccc1F)c1cccs1. The van der Waals surface area contributed by atoms with Crippen molar-refractivity contribution < 1.29 is 14.0 Å². The van der Waals surface area contributed by atoms with Crippen molar-refractivity contribution in [3.63, 3.8) is 0 Å². The highest BCUT2D eigenvalue weighted by atomic mass is 32.1. The molecule has 1 aromatic heterocycles. The molecule has 3 rings (SSSR count). The first kappa shape index (κ1) is 17.8. The highest BCUT2D eigenvalue weighted by Crippen LogP contribution is 2.15. The molecule has 0 saturated carbocycles. The second-order valence-electron chi connectivity index (χ2n) is 5.66. The maximum Gasteiger partial charge on any atom is 0.262 e. The number of hydrogen-bond acceptors (Lipinski definition) is 3. The van der Waals surface area contributed by atoms with Gasteiger partial charge in [-0.1, -0.05) is 48.5 Å². The molecule has 2 amide bonds. The lowest BCUT2D eigenvalue weighted by Gasteiger charge is -2.18. The van der Waals surface area contributed by atoms with Crippen molar-refractivity contribution in [3.8, 4) is 0 Å². The summed E-state index contributed by atoms with van der Waals surface area (Å²) in [6, 6.07) is 17.9. The summed E-state index contributed by atoms with van der Waals surface area (Å²) in [7, 11) is 0. The van der Waals surface area contributed by atoms with Crippen molar-refractivity contribution >= 4 is 28.8 Å². The predicted octanol–water partition coefficient (Wildman–Crippen LogP) is 3.87. The molecule has 2 N–H and O–H groups in total. The second kappa shape index (κ2) is 8.40. The summed E-state index contributed by atoms with van der Waals surface area (Å²) in [6.45, 7) is 0. The van der Waals surface area contributed by atoms with Crippen LogP contribution in [0.3, 0.4) is 0 Å². The van der Waals surface area contributed by atoms with Gasteiger partial charge in [0.05, 0.1) is 10.6 Å². The van der Waals surface area contributed by atoms with Crippen LogP contribution in [-0.4, -0.2) is 17.9 Å². The molecule has 1 unspecified atom stereocenters. The van der Waals surface area contributed by atoms with Crippen LogP contribution in [-0.2, 0) is 11.2 Å². The topological polar surface area (TPSA) is 58.2 Å². The van der Waals surface area contributed by atoms with Crippen molar-refractivity contribution in [3.05, 3.63) is 88.4 Å². The number of rotatable bonds is 6. The predicted molar refractivity (Wildman–Crippen MR) is 101 cm³/mol. The van der Waals surface area contributed by atoms with Crippen molar-refractivity contribution in [2.45, 2.75) is 12.5 Å². The molecule has 0 fully saturated rings. The Balaban J connectivity index is 1.78. The van der Waals surface area contributed by atoms with E-state index in [1.54, 1.807) is 29.6 Å². The number of benzene rings is 2. The molecule has 4 nitrogen and oxygen atoms in total. The molecule has 6 heteroatoms. The molecule has 0 aliphatic carbocycles. The maximum atomic E-state index is 13.8. The van der Waals surface area contributed by atoms with Gasteiger partial charge in [-0.3, -0.25) is 9.59 Å². The van der Waals surface area contributed by atoms with Gasteiger partial charge in [0.1, 0.15) is 11.9 Å². The van der Waals surface area contributed by atoms with E-state index < -0.39 is 17.8 Å². The van der Waals surface area contributed by atoms with Crippen LogP contribution in [0.2, 0.25) is 0 Å². The van der Waals surface area contributed by atoms with E-state index in [0.29, 0.717) is 11.3 Å². The number of carbonyl (C=O) groups excluding carboxylic acids is 2. The molecule has 1 atom stereocenters. The summed E-state index contributed by atoms with van der Waals surface area (Å²) in [4.78, 5) is 25.6. The standard InChI is InChI=1S/C20H17FN2O2S/c21-15-9-4-5-10-16(15)22-19(24)17(13-14-7-2-1-3-8-14)23-20(25)18-11-6-12-26-18/h1-12,17H,13H2,(H,22,24)(H,23,25). The van der Waals surface area contributed by atoms with Crippen molar-refractivity contribution in [2.24, 2.45) is 0 Å². The third-order valence-electron chi connectivity index (χ3n) is 3.78. The molecule has 0 aliphatic rings. The molecule has 26 heavy (non-hydrogen) atoms. The van der Waals surface area contributed by atoms with Gasteiger partial charge in [0.15, 0.2) is 0 Å². The molecule has 2 aromatic carbocycles. The number of amides is 2. The van der Waals surface area contributed by atoms with E-state index in [4.69, 9.17) is 0 Å². The van der Waals surface area contributed by atoms with Gasteiger partial charge in [0.2, 0.25) is 5.91 Å². The third kappa shape index (κ3) is 4.55. The number of nitrogens with one attached hydrogen (secondary N) is 2. The minimum Gasteiger partial charge on any atom is -0.339 e. The Labute approximate surface area is 154 Å². The summed E-state index contributed by atoms with van der Waals surface area (Å²) in [6.07, 6.45) is 0.304.